The second kappa shape index (κ2) is 5.66. The van der Waals surface area contributed by atoms with E-state index in [4.69, 9.17) is 0 Å². The zero-order valence-electron chi connectivity index (χ0n) is 11.8. The van der Waals surface area contributed by atoms with Gasteiger partial charge in [0.15, 0.2) is 5.82 Å². The van der Waals surface area contributed by atoms with Crippen molar-refractivity contribution in [3.8, 4) is 0 Å². The number of piperazine rings is 1. The van der Waals surface area contributed by atoms with Gasteiger partial charge in [-0.05, 0) is 20.8 Å². The van der Waals surface area contributed by atoms with Crippen LogP contribution in [0.2, 0.25) is 0 Å². The minimum Gasteiger partial charge on any atom is -0.382 e. The van der Waals surface area contributed by atoms with Crippen molar-refractivity contribution < 1.29 is 5.11 Å². The lowest BCUT2D eigenvalue weighted by Gasteiger charge is -2.28. The molecule has 0 aliphatic carbocycles. The minimum absolute atomic E-state index is 0.395. The molecule has 1 saturated heterocycles. The highest BCUT2D eigenvalue weighted by molar-refractivity contribution is 5.38. The molecule has 7 nitrogen and oxygen atoms in total. The van der Waals surface area contributed by atoms with Crippen molar-refractivity contribution in [1.29, 1.82) is 0 Å². The highest BCUT2D eigenvalue weighted by atomic mass is 16.3. The van der Waals surface area contributed by atoms with Crippen molar-refractivity contribution in [2.45, 2.75) is 26.4 Å². The standard InChI is InChI=1S/C12H22N6O/c1-4-14-10-15-9(12(2,3)19)16-11(17-10)18-7-5-13-6-8-18/h13,19H,4-8H2,1-3H3,(H,14,15,16,17). The predicted molar refractivity (Wildman–Crippen MR) is 74.3 cm³/mol. The first kappa shape index (κ1) is 14.0. The van der Waals surface area contributed by atoms with E-state index in [-0.39, 0.29) is 0 Å². The maximum atomic E-state index is 10.1. The SMILES string of the molecule is CCNc1nc(N2CCNCC2)nc(C(C)(C)O)n1. The molecule has 0 unspecified atom stereocenters. The third-order valence-corrected chi connectivity index (χ3v) is 2.91. The van der Waals surface area contributed by atoms with Gasteiger partial charge in [-0.25, -0.2) is 0 Å². The van der Waals surface area contributed by atoms with E-state index in [9.17, 15) is 5.11 Å². The second-order valence-corrected chi connectivity index (χ2v) is 5.11. The van der Waals surface area contributed by atoms with Gasteiger partial charge in [-0.1, -0.05) is 0 Å². The van der Waals surface area contributed by atoms with Gasteiger partial charge in [-0.15, -0.1) is 0 Å². The number of aromatic nitrogens is 3. The Morgan fingerprint density at radius 3 is 2.53 bits per heavy atom. The monoisotopic (exact) mass is 266 g/mol. The number of rotatable bonds is 4. The maximum absolute atomic E-state index is 10.1. The summed E-state index contributed by atoms with van der Waals surface area (Å²) in [6, 6.07) is 0. The number of anilines is 2. The van der Waals surface area contributed by atoms with Crippen molar-refractivity contribution >= 4 is 11.9 Å². The maximum Gasteiger partial charge on any atom is 0.230 e. The van der Waals surface area contributed by atoms with E-state index in [2.05, 4.69) is 30.5 Å². The van der Waals surface area contributed by atoms with E-state index in [1.54, 1.807) is 13.8 Å². The minimum atomic E-state index is -1.07. The van der Waals surface area contributed by atoms with Gasteiger partial charge >= 0.3 is 0 Å². The van der Waals surface area contributed by atoms with Crippen LogP contribution in [0.4, 0.5) is 11.9 Å². The van der Waals surface area contributed by atoms with E-state index in [1.165, 1.54) is 0 Å². The van der Waals surface area contributed by atoms with Crippen LogP contribution in [0.5, 0.6) is 0 Å². The Kier molecular flexibility index (Phi) is 4.16. The van der Waals surface area contributed by atoms with Gasteiger partial charge in [0, 0.05) is 32.7 Å². The zero-order valence-corrected chi connectivity index (χ0v) is 11.8. The lowest BCUT2D eigenvalue weighted by Crippen LogP contribution is -2.44. The Morgan fingerprint density at radius 1 is 1.26 bits per heavy atom. The molecule has 106 valence electrons. The molecule has 0 aromatic carbocycles. The molecule has 0 atom stereocenters. The third kappa shape index (κ3) is 3.51. The normalized spacial score (nSPS) is 16.5. The molecule has 2 heterocycles. The molecule has 1 aromatic heterocycles. The van der Waals surface area contributed by atoms with Crippen LogP contribution in [0.1, 0.15) is 26.6 Å². The van der Waals surface area contributed by atoms with Crippen LogP contribution in [0.25, 0.3) is 0 Å². The molecule has 0 amide bonds. The van der Waals surface area contributed by atoms with Crippen LogP contribution < -0.4 is 15.5 Å². The van der Waals surface area contributed by atoms with Crippen molar-refractivity contribution in [3.05, 3.63) is 5.82 Å². The van der Waals surface area contributed by atoms with Crippen molar-refractivity contribution in [2.24, 2.45) is 0 Å². The summed E-state index contributed by atoms with van der Waals surface area (Å²) in [6.07, 6.45) is 0. The summed E-state index contributed by atoms with van der Waals surface area (Å²) in [5.74, 6) is 1.54. The van der Waals surface area contributed by atoms with E-state index >= 15 is 0 Å². The molecule has 0 radical (unpaired) electrons. The van der Waals surface area contributed by atoms with Gasteiger partial charge in [-0.3, -0.25) is 0 Å². The van der Waals surface area contributed by atoms with Crippen LogP contribution >= 0.6 is 0 Å². The average molecular weight is 266 g/mol. The van der Waals surface area contributed by atoms with E-state index in [0.29, 0.717) is 17.7 Å². The zero-order chi connectivity index (χ0) is 13.9. The van der Waals surface area contributed by atoms with Gasteiger partial charge in [-0.2, -0.15) is 15.0 Å². The molecule has 0 bridgehead atoms. The van der Waals surface area contributed by atoms with Gasteiger partial charge in [0.1, 0.15) is 5.60 Å². The van der Waals surface area contributed by atoms with Crippen LogP contribution in [0, 0.1) is 0 Å². The summed E-state index contributed by atoms with van der Waals surface area (Å²) in [5, 5.41) is 16.5. The average Bonchev–Trinajstić information content (AvgIpc) is 2.39. The van der Waals surface area contributed by atoms with Gasteiger partial charge < -0.3 is 20.6 Å². The van der Waals surface area contributed by atoms with Crippen LogP contribution in [0.3, 0.4) is 0 Å². The predicted octanol–water partition coefficient (Wildman–Crippen LogP) is -0.0596. The molecular weight excluding hydrogens is 244 g/mol. The molecule has 1 fully saturated rings. The van der Waals surface area contributed by atoms with E-state index in [1.807, 2.05) is 6.92 Å². The fraction of sp³-hybridized carbons (Fsp3) is 0.750. The Morgan fingerprint density at radius 2 is 1.95 bits per heavy atom. The Balaban J connectivity index is 2.33. The molecule has 1 aromatic rings. The largest absolute Gasteiger partial charge is 0.382 e. The quantitative estimate of drug-likeness (QED) is 0.704. The number of nitrogens with zero attached hydrogens (tertiary/aromatic N) is 4. The third-order valence-electron chi connectivity index (χ3n) is 2.91. The summed E-state index contributed by atoms with van der Waals surface area (Å²) in [7, 11) is 0. The summed E-state index contributed by atoms with van der Waals surface area (Å²) in [5.41, 5.74) is -1.07. The topological polar surface area (TPSA) is 86.2 Å². The summed E-state index contributed by atoms with van der Waals surface area (Å²) in [4.78, 5) is 15.2. The smallest absolute Gasteiger partial charge is 0.230 e. The lowest BCUT2D eigenvalue weighted by atomic mass is 10.1. The summed E-state index contributed by atoms with van der Waals surface area (Å²) < 4.78 is 0. The Labute approximate surface area is 113 Å². The van der Waals surface area contributed by atoms with Crippen LogP contribution in [0.15, 0.2) is 0 Å². The van der Waals surface area contributed by atoms with Crippen molar-refractivity contribution in [1.82, 2.24) is 20.3 Å². The van der Waals surface area contributed by atoms with Gasteiger partial charge in [0.25, 0.3) is 0 Å². The van der Waals surface area contributed by atoms with Crippen LogP contribution in [-0.2, 0) is 5.60 Å². The molecule has 19 heavy (non-hydrogen) atoms. The second-order valence-electron chi connectivity index (χ2n) is 5.11. The Hall–Kier alpha value is -1.47. The van der Waals surface area contributed by atoms with E-state index in [0.717, 1.165) is 32.7 Å². The van der Waals surface area contributed by atoms with Gasteiger partial charge in [0.05, 0.1) is 0 Å². The summed E-state index contributed by atoms with van der Waals surface area (Å²) in [6.45, 7) is 9.63. The summed E-state index contributed by atoms with van der Waals surface area (Å²) >= 11 is 0. The van der Waals surface area contributed by atoms with Crippen molar-refractivity contribution in [3.63, 3.8) is 0 Å². The molecule has 0 saturated carbocycles. The van der Waals surface area contributed by atoms with Crippen molar-refractivity contribution in [2.75, 3.05) is 42.9 Å². The number of hydrogen-bond donors (Lipinski definition) is 3. The highest BCUT2D eigenvalue weighted by Crippen LogP contribution is 2.19. The fourth-order valence-electron chi connectivity index (χ4n) is 1.88. The molecule has 0 spiro atoms. The lowest BCUT2D eigenvalue weighted by molar-refractivity contribution is 0.0687. The fourth-order valence-corrected chi connectivity index (χ4v) is 1.88. The molecule has 1 aliphatic rings. The molecule has 2 rings (SSSR count). The number of aliphatic hydroxyl groups is 1. The molecular formula is C12H22N6O. The highest BCUT2D eigenvalue weighted by Gasteiger charge is 2.24. The molecule has 3 N–H and O–H groups in total. The number of nitrogens with one attached hydrogen (secondary N) is 2. The van der Waals surface area contributed by atoms with E-state index < -0.39 is 5.60 Å². The Bertz CT molecular complexity index is 425. The first-order valence-corrected chi connectivity index (χ1v) is 6.69. The first-order valence-electron chi connectivity index (χ1n) is 6.69. The first-order chi connectivity index (χ1) is 9.00. The molecule has 7 heteroatoms. The van der Waals surface area contributed by atoms with Crippen LogP contribution in [-0.4, -0.2) is 52.8 Å². The molecule has 1 aliphatic heterocycles. The number of hydrogen-bond acceptors (Lipinski definition) is 7. The van der Waals surface area contributed by atoms with Gasteiger partial charge in [0.2, 0.25) is 11.9 Å².